The molecule has 0 aliphatic heterocycles. The molecule has 1 atom stereocenters. The number of carbonyl (C=O) groups is 1. The number of halogens is 1. The van der Waals surface area contributed by atoms with Gasteiger partial charge in [0.05, 0.1) is 17.4 Å². The largest absolute Gasteiger partial charge is 0.352 e. The average molecular weight is 452 g/mol. The lowest BCUT2D eigenvalue weighted by molar-refractivity contribution is 0.0939. The highest BCUT2D eigenvalue weighted by Crippen LogP contribution is 2.15. The van der Waals surface area contributed by atoms with Gasteiger partial charge < -0.3 is 5.32 Å². The number of rotatable bonds is 7. The fraction of sp³-hybridized carbons (Fsp3) is 0.333. The van der Waals surface area contributed by atoms with Crippen LogP contribution in [-0.2, 0) is 13.1 Å². The van der Waals surface area contributed by atoms with Crippen molar-refractivity contribution in [3.05, 3.63) is 80.2 Å². The van der Waals surface area contributed by atoms with E-state index in [9.17, 15) is 18.8 Å². The van der Waals surface area contributed by atoms with Gasteiger partial charge in [0.1, 0.15) is 5.82 Å². The Morgan fingerprint density at radius 3 is 2.64 bits per heavy atom. The molecular formula is C24H26FN5O3. The van der Waals surface area contributed by atoms with Gasteiger partial charge in [0.25, 0.3) is 11.5 Å². The maximum absolute atomic E-state index is 13.6. The first-order chi connectivity index (χ1) is 15.8. The van der Waals surface area contributed by atoms with Crippen molar-refractivity contribution in [1.82, 2.24) is 24.1 Å². The van der Waals surface area contributed by atoms with Gasteiger partial charge >= 0.3 is 5.69 Å². The molecule has 8 nitrogen and oxygen atoms in total. The van der Waals surface area contributed by atoms with Crippen molar-refractivity contribution in [2.75, 3.05) is 0 Å². The van der Waals surface area contributed by atoms with E-state index in [1.807, 2.05) is 20.8 Å². The molecule has 0 spiro atoms. The van der Waals surface area contributed by atoms with Crippen LogP contribution in [0.2, 0.25) is 0 Å². The topological polar surface area (TPSA) is 90.4 Å². The minimum absolute atomic E-state index is 0.0116. The maximum Gasteiger partial charge on any atom is 0.352 e. The van der Waals surface area contributed by atoms with E-state index in [-0.39, 0.29) is 29.8 Å². The molecule has 172 valence electrons. The molecule has 2 aromatic carbocycles. The number of nitrogens with one attached hydrogen (secondary N) is 1. The average Bonchev–Trinajstić information content (AvgIpc) is 3.12. The Labute approximate surface area is 189 Å². The minimum atomic E-state index is -0.469. The molecule has 4 rings (SSSR count). The van der Waals surface area contributed by atoms with Gasteiger partial charge in [0.2, 0.25) is 5.78 Å². The third-order valence-corrected chi connectivity index (χ3v) is 5.70. The Morgan fingerprint density at radius 1 is 1.15 bits per heavy atom. The summed E-state index contributed by atoms with van der Waals surface area (Å²) in [6.45, 7) is 6.23. The minimum Gasteiger partial charge on any atom is -0.350 e. The smallest absolute Gasteiger partial charge is 0.350 e. The number of benzene rings is 2. The number of hydrogen-bond acceptors (Lipinski definition) is 4. The van der Waals surface area contributed by atoms with Crippen molar-refractivity contribution in [3.8, 4) is 0 Å². The standard InChI is InChI=1S/C24H26FN5O3/c1-4-11-28-22(32)19-10-9-17(21(31)26-15(3)5-2)13-20(19)30-23(28)27-29(24(30)33)14-16-7-6-8-18(25)12-16/h6-10,12-13,15H,4-5,11,14H2,1-3H3,(H,26,31). The van der Waals surface area contributed by atoms with Crippen LogP contribution < -0.4 is 16.6 Å². The van der Waals surface area contributed by atoms with Gasteiger partial charge in [0.15, 0.2) is 0 Å². The van der Waals surface area contributed by atoms with Crippen molar-refractivity contribution in [2.24, 2.45) is 0 Å². The molecule has 1 unspecified atom stereocenters. The first-order valence-corrected chi connectivity index (χ1v) is 11.1. The second-order valence-electron chi connectivity index (χ2n) is 8.18. The second kappa shape index (κ2) is 9.01. The molecule has 1 N–H and O–H groups in total. The van der Waals surface area contributed by atoms with Gasteiger partial charge in [-0.25, -0.2) is 18.3 Å². The normalized spacial score (nSPS) is 12.4. The Morgan fingerprint density at radius 2 is 1.94 bits per heavy atom. The summed E-state index contributed by atoms with van der Waals surface area (Å²) < 4.78 is 17.7. The zero-order valence-electron chi connectivity index (χ0n) is 18.8. The number of hydrogen-bond donors (Lipinski definition) is 1. The SMILES string of the molecule is CCCn1c(=O)c2ccc(C(=O)NC(C)CC)cc2n2c(=O)n(Cc3cccc(F)c3)nc12. The van der Waals surface area contributed by atoms with E-state index < -0.39 is 11.5 Å². The van der Waals surface area contributed by atoms with Gasteiger partial charge in [-0.15, -0.1) is 5.10 Å². The molecule has 0 aliphatic carbocycles. The van der Waals surface area contributed by atoms with Crippen LogP contribution in [0, 0.1) is 5.82 Å². The van der Waals surface area contributed by atoms with E-state index in [0.717, 1.165) is 6.42 Å². The Kier molecular flexibility index (Phi) is 6.13. The zero-order chi connectivity index (χ0) is 23.7. The van der Waals surface area contributed by atoms with E-state index in [2.05, 4.69) is 10.4 Å². The Bertz CT molecular complexity index is 1470. The molecular weight excluding hydrogens is 425 g/mol. The lowest BCUT2D eigenvalue weighted by atomic mass is 10.1. The van der Waals surface area contributed by atoms with Gasteiger partial charge in [0, 0.05) is 18.2 Å². The van der Waals surface area contributed by atoms with Crippen molar-refractivity contribution >= 4 is 22.6 Å². The fourth-order valence-corrected chi connectivity index (χ4v) is 3.80. The molecule has 0 bridgehead atoms. The van der Waals surface area contributed by atoms with Gasteiger partial charge in [-0.1, -0.05) is 26.0 Å². The zero-order valence-corrected chi connectivity index (χ0v) is 18.8. The molecule has 0 saturated heterocycles. The Hall–Kier alpha value is -3.75. The van der Waals surface area contributed by atoms with Gasteiger partial charge in [-0.3, -0.25) is 14.2 Å². The van der Waals surface area contributed by atoms with Crippen LogP contribution >= 0.6 is 0 Å². The van der Waals surface area contributed by atoms with E-state index >= 15 is 0 Å². The highest BCUT2D eigenvalue weighted by Gasteiger charge is 2.19. The summed E-state index contributed by atoms with van der Waals surface area (Å²) in [4.78, 5) is 39.2. The van der Waals surface area contributed by atoms with Crippen LogP contribution in [-0.4, -0.2) is 30.7 Å². The highest BCUT2D eigenvalue weighted by atomic mass is 19.1. The molecule has 9 heteroatoms. The summed E-state index contributed by atoms with van der Waals surface area (Å²) in [5, 5.41) is 7.63. The summed E-state index contributed by atoms with van der Waals surface area (Å²) in [5.74, 6) is -0.498. The Balaban J connectivity index is 1.94. The van der Waals surface area contributed by atoms with Crippen molar-refractivity contribution in [2.45, 2.75) is 52.7 Å². The third-order valence-electron chi connectivity index (χ3n) is 5.70. The van der Waals surface area contributed by atoms with Gasteiger partial charge in [-0.2, -0.15) is 0 Å². The fourth-order valence-electron chi connectivity index (χ4n) is 3.80. The number of nitrogens with zero attached hydrogens (tertiary/aromatic N) is 4. The van der Waals surface area contributed by atoms with E-state index in [4.69, 9.17) is 0 Å². The molecule has 0 fully saturated rings. The summed E-state index contributed by atoms with van der Waals surface area (Å²) in [6.07, 6.45) is 1.44. The lowest BCUT2D eigenvalue weighted by Gasteiger charge is -2.13. The molecule has 0 radical (unpaired) electrons. The number of aromatic nitrogens is 4. The molecule has 4 aromatic rings. The monoisotopic (exact) mass is 451 g/mol. The van der Waals surface area contributed by atoms with Crippen LogP contribution in [0.1, 0.15) is 49.5 Å². The molecule has 1 amide bonds. The van der Waals surface area contributed by atoms with Crippen LogP contribution in [0.15, 0.2) is 52.1 Å². The molecule has 2 aromatic heterocycles. The van der Waals surface area contributed by atoms with E-state index in [1.165, 1.54) is 25.8 Å². The molecule has 0 saturated carbocycles. The summed E-state index contributed by atoms with van der Waals surface area (Å²) in [6, 6.07) is 10.6. The highest BCUT2D eigenvalue weighted by molar-refractivity contribution is 5.98. The molecule has 2 heterocycles. The van der Waals surface area contributed by atoms with Gasteiger partial charge in [-0.05, 0) is 55.7 Å². The molecule has 0 aliphatic rings. The van der Waals surface area contributed by atoms with E-state index in [0.29, 0.717) is 35.0 Å². The predicted octanol–water partition coefficient (Wildman–Crippen LogP) is 2.94. The van der Waals surface area contributed by atoms with Crippen molar-refractivity contribution in [3.63, 3.8) is 0 Å². The van der Waals surface area contributed by atoms with Crippen LogP contribution in [0.25, 0.3) is 16.7 Å². The van der Waals surface area contributed by atoms with Crippen molar-refractivity contribution < 1.29 is 9.18 Å². The summed E-state index contributed by atoms with van der Waals surface area (Å²) >= 11 is 0. The number of carbonyl (C=O) groups excluding carboxylic acids is 1. The number of amides is 1. The maximum atomic E-state index is 13.6. The number of fused-ring (bicyclic) bond motifs is 3. The first kappa shape index (κ1) is 22.4. The summed E-state index contributed by atoms with van der Waals surface area (Å²) in [5.41, 5.74) is 0.485. The summed E-state index contributed by atoms with van der Waals surface area (Å²) in [7, 11) is 0. The van der Waals surface area contributed by atoms with Crippen LogP contribution in [0.4, 0.5) is 4.39 Å². The molecule has 33 heavy (non-hydrogen) atoms. The van der Waals surface area contributed by atoms with E-state index in [1.54, 1.807) is 30.3 Å². The number of aryl methyl sites for hydroxylation is 1. The lowest BCUT2D eigenvalue weighted by Crippen LogP contribution is -2.32. The van der Waals surface area contributed by atoms with Crippen LogP contribution in [0.5, 0.6) is 0 Å². The van der Waals surface area contributed by atoms with Crippen LogP contribution in [0.3, 0.4) is 0 Å². The second-order valence-corrected chi connectivity index (χ2v) is 8.18. The third kappa shape index (κ3) is 4.18. The predicted molar refractivity (Wildman–Crippen MR) is 124 cm³/mol. The quantitative estimate of drug-likeness (QED) is 0.468. The first-order valence-electron chi connectivity index (χ1n) is 11.1. The van der Waals surface area contributed by atoms with Crippen molar-refractivity contribution in [1.29, 1.82) is 0 Å².